The fourth-order valence-electron chi connectivity index (χ4n) is 3.75. The number of piperidine rings is 1. The average molecular weight is 215 g/mol. The number of carbonyl (C=O) groups excluding carboxylic acids is 1. The van der Waals surface area contributed by atoms with Crippen LogP contribution in [0, 0.1) is 24.2 Å². The molecule has 2 saturated heterocycles. The van der Waals surface area contributed by atoms with Gasteiger partial charge in [0.2, 0.25) is 5.91 Å². The van der Waals surface area contributed by atoms with Crippen molar-refractivity contribution in [2.24, 2.45) is 11.8 Å². The van der Waals surface area contributed by atoms with E-state index in [0.717, 1.165) is 19.3 Å². The number of terminal acetylenes is 1. The Morgan fingerprint density at radius 3 is 3.00 bits per heavy atom. The van der Waals surface area contributed by atoms with Gasteiger partial charge < -0.3 is 4.90 Å². The van der Waals surface area contributed by atoms with E-state index in [9.17, 15) is 4.79 Å². The molecule has 1 saturated carbocycles. The van der Waals surface area contributed by atoms with Gasteiger partial charge in [-0.3, -0.25) is 4.79 Å². The maximum atomic E-state index is 12.2. The quantitative estimate of drug-likeness (QED) is 0.447. The molecule has 4 atom stereocenters. The van der Waals surface area contributed by atoms with E-state index in [1.54, 1.807) is 0 Å². The molecule has 0 aromatic rings. The zero-order valence-corrected chi connectivity index (χ0v) is 9.70. The number of rotatable bonds is 0. The van der Waals surface area contributed by atoms with Crippen molar-refractivity contribution in [2.45, 2.75) is 44.2 Å². The van der Waals surface area contributed by atoms with E-state index in [-0.39, 0.29) is 17.5 Å². The van der Waals surface area contributed by atoms with Crippen molar-refractivity contribution in [3.63, 3.8) is 0 Å². The van der Waals surface area contributed by atoms with Gasteiger partial charge in [0.25, 0.3) is 0 Å². The second-order valence-corrected chi connectivity index (χ2v) is 5.62. The summed E-state index contributed by atoms with van der Waals surface area (Å²) in [7, 11) is 0. The molecule has 2 unspecified atom stereocenters. The lowest BCUT2D eigenvalue weighted by atomic mass is 9.95. The molecule has 2 aliphatic heterocycles. The molecule has 0 bridgehead atoms. The fraction of sp³-hybridized carbons (Fsp3) is 0.643. The van der Waals surface area contributed by atoms with Gasteiger partial charge in [0.15, 0.2) is 0 Å². The van der Waals surface area contributed by atoms with Crippen LogP contribution in [0.15, 0.2) is 12.2 Å². The minimum atomic E-state index is -0.0289. The molecule has 3 fully saturated rings. The van der Waals surface area contributed by atoms with Crippen molar-refractivity contribution < 1.29 is 4.79 Å². The van der Waals surface area contributed by atoms with Crippen LogP contribution in [0.4, 0.5) is 0 Å². The monoisotopic (exact) mass is 215 g/mol. The van der Waals surface area contributed by atoms with Crippen LogP contribution in [-0.2, 0) is 4.79 Å². The lowest BCUT2D eigenvalue weighted by Crippen LogP contribution is -2.44. The van der Waals surface area contributed by atoms with Crippen LogP contribution >= 0.6 is 0 Å². The highest BCUT2D eigenvalue weighted by atomic mass is 16.2. The number of hydrogen-bond acceptors (Lipinski definition) is 1. The Morgan fingerprint density at radius 1 is 1.56 bits per heavy atom. The first-order valence-corrected chi connectivity index (χ1v) is 6.06. The lowest BCUT2D eigenvalue weighted by Gasteiger charge is -2.31. The fourth-order valence-corrected chi connectivity index (χ4v) is 3.75. The van der Waals surface area contributed by atoms with Gasteiger partial charge in [0, 0.05) is 6.42 Å². The molecule has 84 valence electrons. The van der Waals surface area contributed by atoms with Crippen molar-refractivity contribution in [2.75, 3.05) is 0 Å². The highest BCUT2D eigenvalue weighted by Crippen LogP contribution is 2.63. The van der Waals surface area contributed by atoms with Crippen molar-refractivity contribution in [3.05, 3.63) is 12.2 Å². The topological polar surface area (TPSA) is 20.3 Å². The standard InChI is InChI=1S/C14H17NO/c1-4-12-7-11-8-14(11)10(3)5-9(2)6-13(16)15(12)14/h1,9,11-12H,3,5-8H2,2H3/t9?,11?,12-,14+/m1/s1. The summed E-state index contributed by atoms with van der Waals surface area (Å²) >= 11 is 0. The summed E-state index contributed by atoms with van der Waals surface area (Å²) in [5, 5.41) is 0. The number of carbonyl (C=O) groups is 1. The van der Waals surface area contributed by atoms with Gasteiger partial charge in [-0.25, -0.2) is 0 Å². The van der Waals surface area contributed by atoms with Crippen molar-refractivity contribution >= 4 is 5.91 Å². The third-order valence-corrected chi connectivity index (χ3v) is 4.51. The molecular weight excluding hydrogens is 198 g/mol. The van der Waals surface area contributed by atoms with E-state index in [1.807, 2.05) is 4.90 Å². The van der Waals surface area contributed by atoms with Gasteiger partial charge in [-0.15, -0.1) is 6.42 Å². The minimum absolute atomic E-state index is 0.0216. The van der Waals surface area contributed by atoms with E-state index in [0.29, 0.717) is 18.3 Å². The summed E-state index contributed by atoms with van der Waals surface area (Å²) in [6.07, 6.45) is 9.23. The molecule has 3 aliphatic rings. The molecule has 16 heavy (non-hydrogen) atoms. The van der Waals surface area contributed by atoms with Gasteiger partial charge in [-0.05, 0) is 31.1 Å². The second-order valence-electron chi connectivity index (χ2n) is 5.62. The Hall–Kier alpha value is -1.23. The van der Waals surface area contributed by atoms with Crippen LogP contribution in [-0.4, -0.2) is 22.4 Å². The molecule has 2 nitrogen and oxygen atoms in total. The number of hydrogen-bond donors (Lipinski definition) is 0. The third kappa shape index (κ3) is 1.01. The zero-order chi connectivity index (χ0) is 11.5. The lowest BCUT2D eigenvalue weighted by molar-refractivity contribution is -0.133. The number of nitrogens with zero attached hydrogens (tertiary/aromatic N) is 1. The van der Waals surface area contributed by atoms with Crippen molar-refractivity contribution in [3.8, 4) is 12.3 Å². The normalized spacial score (nSPS) is 45.8. The average Bonchev–Trinajstić information content (AvgIpc) is 2.85. The molecule has 1 aliphatic carbocycles. The van der Waals surface area contributed by atoms with Crippen molar-refractivity contribution in [1.82, 2.24) is 4.90 Å². The predicted octanol–water partition coefficient (Wildman–Crippen LogP) is 1.97. The van der Waals surface area contributed by atoms with E-state index in [2.05, 4.69) is 19.4 Å². The van der Waals surface area contributed by atoms with Crippen LogP contribution in [0.2, 0.25) is 0 Å². The van der Waals surface area contributed by atoms with E-state index in [1.165, 1.54) is 5.57 Å². The van der Waals surface area contributed by atoms with Crippen LogP contribution in [0.1, 0.15) is 32.6 Å². The van der Waals surface area contributed by atoms with Gasteiger partial charge in [0.05, 0.1) is 11.6 Å². The molecule has 1 spiro atoms. The first kappa shape index (κ1) is 9.96. The molecule has 2 heteroatoms. The van der Waals surface area contributed by atoms with E-state index < -0.39 is 0 Å². The minimum Gasteiger partial charge on any atom is -0.319 e. The third-order valence-electron chi connectivity index (χ3n) is 4.51. The molecular formula is C14H17NO. The van der Waals surface area contributed by atoms with E-state index >= 15 is 0 Å². The molecule has 2 heterocycles. The van der Waals surface area contributed by atoms with E-state index in [4.69, 9.17) is 6.42 Å². The Bertz CT molecular complexity index is 419. The molecule has 3 rings (SSSR count). The van der Waals surface area contributed by atoms with Gasteiger partial charge in [-0.1, -0.05) is 25.0 Å². The predicted molar refractivity (Wildman–Crippen MR) is 62.5 cm³/mol. The van der Waals surface area contributed by atoms with Gasteiger partial charge in [-0.2, -0.15) is 0 Å². The van der Waals surface area contributed by atoms with Crippen LogP contribution in [0.5, 0.6) is 0 Å². The Labute approximate surface area is 96.7 Å². The first-order valence-electron chi connectivity index (χ1n) is 6.06. The molecule has 0 radical (unpaired) electrons. The van der Waals surface area contributed by atoms with Gasteiger partial charge >= 0.3 is 0 Å². The maximum Gasteiger partial charge on any atom is 0.224 e. The van der Waals surface area contributed by atoms with Crippen molar-refractivity contribution in [1.29, 1.82) is 0 Å². The molecule has 0 aromatic carbocycles. The Kier molecular flexibility index (Phi) is 1.81. The Balaban J connectivity index is 2.03. The molecule has 1 amide bonds. The summed E-state index contributed by atoms with van der Waals surface area (Å²) in [6, 6.07) is 0.0216. The smallest absolute Gasteiger partial charge is 0.224 e. The highest BCUT2D eigenvalue weighted by Gasteiger charge is 2.68. The van der Waals surface area contributed by atoms with Crippen LogP contribution < -0.4 is 0 Å². The van der Waals surface area contributed by atoms with Crippen LogP contribution in [0.3, 0.4) is 0 Å². The van der Waals surface area contributed by atoms with Crippen LogP contribution in [0.25, 0.3) is 0 Å². The largest absolute Gasteiger partial charge is 0.319 e. The molecule has 0 aromatic heterocycles. The summed E-state index contributed by atoms with van der Waals surface area (Å²) < 4.78 is 0. The second kappa shape index (κ2) is 2.91. The maximum absolute atomic E-state index is 12.2. The summed E-state index contributed by atoms with van der Waals surface area (Å²) in [5.74, 6) is 4.03. The Morgan fingerprint density at radius 2 is 2.31 bits per heavy atom. The first-order chi connectivity index (χ1) is 7.59. The number of amides is 1. The highest BCUT2D eigenvalue weighted by molar-refractivity contribution is 5.81. The molecule has 0 N–H and O–H groups in total. The van der Waals surface area contributed by atoms with Gasteiger partial charge in [0.1, 0.15) is 0 Å². The SMILES string of the molecule is C#C[C@@H]1CC2C[C@]23C(=C)CC(C)CC(=O)N13. The summed E-state index contributed by atoms with van der Waals surface area (Å²) in [5.41, 5.74) is 1.22. The zero-order valence-electron chi connectivity index (χ0n) is 9.70. The summed E-state index contributed by atoms with van der Waals surface area (Å²) in [6.45, 7) is 6.35. The summed E-state index contributed by atoms with van der Waals surface area (Å²) in [4.78, 5) is 14.2.